The maximum absolute atomic E-state index is 12.9. The summed E-state index contributed by atoms with van der Waals surface area (Å²) >= 11 is 0. The number of hydrogen-bond acceptors (Lipinski definition) is 5. The number of carbonyl (C=O) groups excluding carboxylic acids is 3. The van der Waals surface area contributed by atoms with Crippen LogP contribution >= 0.6 is 0 Å². The Balaban J connectivity index is 1.10. The van der Waals surface area contributed by atoms with Gasteiger partial charge in [0.25, 0.3) is 5.91 Å². The van der Waals surface area contributed by atoms with Crippen LogP contribution in [0.15, 0.2) is 54.6 Å². The minimum atomic E-state index is -0.704. The van der Waals surface area contributed by atoms with Crippen LogP contribution in [0.5, 0.6) is 11.5 Å². The normalized spacial score (nSPS) is 21.9. The van der Waals surface area contributed by atoms with Crippen molar-refractivity contribution in [3.63, 3.8) is 0 Å². The lowest BCUT2D eigenvalue weighted by molar-refractivity contribution is -0.154. The lowest BCUT2D eigenvalue weighted by atomic mass is 9.99. The van der Waals surface area contributed by atoms with Crippen molar-refractivity contribution in [1.82, 2.24) is 14.7 Å². The second-order valence-corrected chi connectivity index (χ2v) is 9.08. The molecule has 0 aromatic heterocycles. The van der Waals surface area contributed by atoms with Crippen LogP contribution in [0.25, 0.3) is 0 Å². The van der Waals surface area contributed by atoms with Crippen LogP contribution in [0.3, 0.4) is 0 Å². The third-order valence-electron chi connectivity index (χ3n) is 6.79. The molecule has 8 heteroatoms. The standard InChI is InChI=1S/C26H29N3O5/c30-24(23-18-33-21-8-4-5-9-22(21)34-23)27-12-14-28(15-13-27)25(31)26(32)29-11-10-20(17-29)16-19-6-2-1-3-7-19/h1-9,20,23H,10-18H2. The molecule has 178 valence electrons. The van der Waals surface area contributed by atoms with Gasteiger partial charge in [-0.3, -0.25) is 14.4 Å². The van der Waals surface area contributed by atoms with Gasteiger partial charge in [-0.05, 0) is 36.5 Å². The summed E-state index contributed by atoms with van der Waals surface area (Å²) in [5.41, 5.74) is 1.25. The quantitative estimate of drug-likeness (QED) is 0.646. The van der Waals surface area contributed by atoms with Gasteiger partial charge in [0.15, 0.2) is 11.5 Å². The van der Waals surface area contributed by atoms with Gasteiger partial charge in [0.1, 0.15) is 6.61 Å². The number of benzene rings is 2. The summed E-state index contributed by atoms with van der Waals surface area (Å²) < 4.78 is 11.5. The molecule has 2 unspecified atom stereocenters. The molecular weight excluding hydrogens is 434 g/mol. The van der Waals surface area contributed by atoms with Gasteiger partial charge in [0, 0.05) is 39.3 Å². The Labute approximate surface area is 199 Å². The molecule has 0 spiro atoms. The predicted molar refractivity (Wildman–Crippen MR) is 124 cm³/mol. The molecule has 2 atom stereocenters. The highest BCUT2D eigenvalue weighted by molar-refractivity contribution is 6.35. The Hall–Kier alpha value is -3.55. The van der Waals surface area contributed by atoms with Crippen LogP contribution in [0.4, 0.5) is 0 Å². The molecule has 3 aliphatic rings. The predicted octanol–water partition coefficient (Wildman–Crippen LogP) is 1.59. The number of para-hydroxylation sites is 2. The van der Waals surface area contributed by atoms with E-state index in [1.165, 1.54) is 5.56 Å². The molecule has 2 fully saturated rings. The van der Waals surface area contributed by atoms with Gasteiger partial charge in [-0.2, -0.15) is 0 Å². The van der Waals surface area contributed by atoms with Gasteiger partial charge in [-0.15, -0.1) is 0 Å². The number of ether oxygens (including phenoxy) is 2. The highest BCUT2D eigenvalue weighted by Gasteiger charge is 2.36. The Morgan fingerprint density at radius 2 is 1.41 bits per heavy atom. The zero-order chi connectivity index (χ0) is 23.5. The molecule has 5 rings (SSSR count). The van der Waals surface area contributed by atoms with Gasteiger partial charge in [0.05, 0.1) is 0 Å². The second-order valence-electron chi connectivity index (χ2n) is 9.08. The smallest absolute Gasteiger partial charge is 0.312 e. The molecule has 3 amide bonds. The number of hydrogen-bond donors (Lipinski definition) is 0. The van der Waals surface area contributed by atoms with Gasteiger partial charge in [-0.25, -0.2) is 0 Å². The third-order valence-corrected chi connectivity index (χ3v) is 6.79. The summed E-state index contributed by atoms with van der Waals surface area (Å²) in [4.78, 5) is 43.5. The largest absolute Gasteiger partial charge is 0.485 e. The topological polar surface area (TPSA) is 79.4 Å². The Morgan fingerprint density at radius 3 is 2.18 bits per heavy atom. The van der Waals surface area contributed by atoms with Crippen molar-refractivity contribution in [3.05, 3.63) is 60.2 Å². The molecule has 34 heavy (non-hydrogen) atoms. The van der Waals surface area contributed by atoms with E-state index in [4.69, 9.17) is 9.47 Å². The number of nitrogens with zero attached hydrogens (tertiary/aromatic N) is 3. The van der Waals surface area contributed by atoms with Crippen molar-refractivity contribution < 1.29 is 23.9 Å². The summed E-state index contributed by atoms with van der Waals surface area (Å²) in [6.45, 7) is 2.79. The number of rotatable bonds is 3. The van der Waals surface area contributed by atoms with Crippen LogP contribution in [-0.2, 0) is 20.8 Å². The second kappa shape index (κ2) is 9.75. The first-order valence-corrected chi connectivity index (χ1v) is 11.9. The highest BCUT2D eigenvalue weighted by atomic mass is 16.6. The third kappa shape index (κ3) is 4.71. The Kier molecular flexibility index (Phi) is 6.38. The van der Waals surface area contributed by atoms with Crippen molar-refractivity contribution in [2.45, 2.75) is 18.9 Å². The van der Waals surface area contributed by atoms with Crippen LogP contribution in [-0.4, -0.2) is 84.4 Å². The molecule has 8 nitrogen and oxygen atoms in total. The number of carbonyl (C=O) groups is 3. The van der Waals surface area contributed by atoms with Gasteiger partial charge >= 0.3 is 11.8 Å². The zero-order valence-electron chi connectivity index (χ0n) is 19.1. The van der Waals surface area contributed by atoms with E-state index in [1.807, 2.05) is 36.4 Å². The first-order chi connectivity index (χ1) is 16.6. The first-order valence-electron chi connectivity index (χ1n) is 11.9. The van der Waals surface area contributed by atoms with E-state index in [1.54, 1.807) is 20.8 Å². The number of fused-ring (bicyclic) bond motifs is 1. The van der Waals surface area contributed by atoms with E-state index < -0.39 is 17.9 Å². The van der Waals surface area contributed by atoms with E-state index in [0.29, 0.717) is 56.7 Å². The van der Waals surface area contributed by atoms with Crippen LogP contribution in [0, 0.1) is 5.92 Å². The number of piperazine rings is 1. The summed E-state index contributed by atoms with van der Waals surface area (Å²) in [6, 6.07) is 17.5. The molecule has 0 saturated carbocycles. The molecule has 3 heterocycles. The maximum Gasteiger partial charge on any atom is 0.312 e. The lowest BCUT2D eigenvalue weighted by Crippen LogP contribution is -2.57. The average Bonchev–Trinajstić information content (AvgIpc) is 3.36. The van der Waals surface area contributed by atoms with Crippen LogP contribution in [0.1, 0.15) is 12.0 Å². The molecular formula is C26H29N3O5. The monoisotopic (exact) mass is 463 g/mol. The van der Waals surface area contributed by atoms with Gasteiger partial charge in [-0.1, -0.05) is 42.5 Å². The van der Waals surface area contributed by atoms with Crippen molar-refractivity contribution in [3.8, 4) is 11.5 Å². The SMILES string of the molecule is O=C(C(=O)N1CCC(Cc2ccccc2)C1)N1CCN(C(=O)C2COc3ccccc3O2)CC1. The summed E-state index contributed by atoms with van der Waals surface area (Å²) in [6.07, 6.45) is 1.12. The minimum Gasteiger partial charge on any atom is -0.485 e. The van der Waals surface area contributed by atoms with Crippen LogP contribution < -0.4 is 9.47 Å². The molecule has 0 bridgehead atoms. The van der Waals surface area contributed by atoms with Gasteiger partial charge in [0.2, 0.25) is 6.10 Å². The number of likely N-dealkylation sites (tertiary alicyclic amines) is 1. The molecule has 0 aliphatic carbocycles. The minimum absolute atomic E-state index is 0.156. The van der Waals surface area contributed by atoms with E-state index in [0.717, 1.165) is 12.8 Å². The van der Waals surface area contributed by atoms with Crippen molar-refractivity contribution in [1.29, 1.82) is 0 Å². The van der Waals surface area contributed by atoms with Gasteiger partial charge < -0.3 is 24.2 Å². The fourth-order valence-electron chi connectivity index (χ4n) is 4.88. The van der Waals surface area contributed by atoms with E-state index >= 15 is 0 Å². The first kappa shape index (κ1) is 22.3. The fraction of sp³-hybridized carbons (Fsp3) is 0.423. The summed E-state index contributed by atoms with van der Waals surface area (Å²) in [5.74, 6) is 0.498. The fourth-order valence-corrected chi connectivity index (χ4v) is 4.88. The van der Waals surface area contributed by atoms with E-state index in [-0.39, 0.29) is 12.5 Å². The molecule has 0 N–H and O–H groups in total. The molecule has 2 aromatic rings. The number of amides is 3. The van der Waals surface area contributed by atoms with Crippen molar-refractivity contribution in [2.75, 3.05) is 45.9 Å². The van der Waals surface area contributed by atoms with Crippen LogP contribution in [0.2, 0.25) is 0 Å². The zero-order valence-corrected chi connectivity index (χ0v) is 19.1. The average molecular weight is 464 g/mol. The molecule has 2 aromatic carbocycles. The highest BCUT2D eigenvalue weighted by Crippen LogP contribution is 2.31. The van der Waals surface area contributed by atoms with Crippen molar-refractivity contribution in [2.24, 2.45) is 5.92 Å². The van der Waals surface area contributed by atoms with E-state index in [9.17, 15) is 14.4 Å². The molecule has 2 saturated heterocycles. The summed E-state index contributed by atoms with van der Waals surface area (Å²) in [7, 11) is 0. The lowest BCUT2D eigenvalue weighted by Gasteiger charge is -2.37. The Morgan fingerprint density at radius 1 is 0.765 bits per heavy atom. The van der Waals surface area contributed by atoms with Crippen molar-refractivity contribution >= 4 is 17.7 Å². The maximum atomic E-state index is 12.9. The molecule has 3 aliphatic heterocycles. The Bertz CT molecular complexity index is 1050. The van der Waals surface area contributed by atoms with E-state index in [2.05, 4.69) is 12.1 Å². The molecule has 0 radical (unpaired) electrons. The summed E-state index contributed by atoms with van der Waals surface area (Å²) in [5, 5.41) is 0.